The van der Waals surface area contributed by atoms with Gasteiger partial charge in [0.05, 0.1) is 10.5 Å². The van der Waals surface area contributed by atoms with E-state index in [1.54, 1.807) is 0 Å². The molecule has 0 saturated carbocycles. The van der Waals surface area contributed by atoms with Gasteiger partial charge in [0.15, 0.2) is 6.61 Å². The first-order valence-electron chi connectivity index (χ1n) is 6.04. The summed E-state index contributed by atoms with van der Waals surface area (Å²) in [6.45, 7) is 2.86. The molecular weight excluding hydrogens is 294 g/mol. The van der Waals surface area contributed by atoms with Crippen LogP contribution in [-0.4, -0.2) is 36.0 Å². The fourth-order valence-corrected chi connectivity index (χ4v) is 1.33. The molecule has 22 heavy (non-hydrogen) atoms. The smallest absolute Gasteiger partial charge is 0.338 e. The van der Waals surface area contributed by atoms with Crippen LogP contribution in [-0.2, 0) is 9.53 Å². The molecule has 0 spiro atoms. The van der Waals surface area contributed by atoms with Crippen molar-refractivity contribution in [2.75, 3.05) is 13.2 Å². The van der Waals surface area contributed by atoms with Crippen LogP contribution in [0.2, 0.25) is 0 Å². The molecule has 0 unspecified atom stereocenters. The van der Waals surface area contributed by atoms with Crippen molar-refractivity contribution in [2.45, 2.75) is 0 Å². The predicted molar refractivity (Wildman–Crippen MR) is 75.1 cm³/mol. The number of nitrogens with one attached hydrogen (secondary N) is 2. The summed E-state index contributed by atoms with van der Waals surface area (Å²) in [5.41, 5.74) is -0.346. The Balaban J connectivity index is 2.50. The maximum absolute atomic E-state index is 11.6. The molecule has 116 valence electrons. The molecule has 0 bridgehead atoms. The number of ether oxygens (including phenoxy) is 1. The lowest BCUT2D eigenvalue weighted by atomic mass is 10.2. The predicted octanol–water partition coefficient (Wildman–Crippen LogP) is 0.763. The third-order valence-corrected chi connectivity index (χ3v) is 2.29. The first-order chi connectivity index (χ1) is 10.4. The highest BCUT2D eigenvalue weighted by molar-refractivity contribution is 5.97. The van der Waals surface area contributed by atoms with E-state index in [4.69, 9.17) is 0 Å². The third-order valence-electron chi connectivity index (χ3n) is 2.29. The van der Waals surface area contributed by atoms with Gasteiger partial charge in [-0.2, -0.15) is 0 Å². The fraction of sp³-hybridized carbons (Fsp3) is 0.154. The average Bonchev–Trinajstić information content (AvgIpc) is 2.50. The number of hydrogen-bond donors (Lipinski definition) is 2. The molecule has 0 aliphatic rings. The number of nitro groups is 1. The molecule has 1 aromatic carbocycles. The van der Waals surface area contributed by atoms with Crippen LogP contribution in [0, 0.1) is 10.1 Å². The van der Waals surface area contributed by atoms with E-state index in [1.165, 1.54) is 24.3 Å². The van der Waals surface area contributed by atoms with Crippen molar-refractivity contribution >= 4 is 23.6 Å². The number of carbonyl (C=O) groups excluding carboxylic acids is 3. The van der Waals surface area contributed by atoms with E-state index >= 15 is 0 Å². The molecule has 0 aliphatic carbocycles. The molecule has 2 N–H and O–H groups in total. The summed E-state index contributed by atoms with van der Waals surface area (Å²) in [4.78, 5) is 44.1. The number of carbonyl (C=O) groups is 3. The van der Waals surface area contributed by atoms with Crippen LogP contribution in [0.4, 0.5) is 10.5 Å². The zero-order valence-electron chi connectivity index (χ0n) is 11.4. The minimum absolute atomic E-state index is 0.0712. The van der Waals surface area contributed by atoms with E-state index in [0.29, 0.717) is 0 Å². The molecule has 1 aromatic rings. The van der Waals surface area contributed by atoms with Crippen LogP contribution in [0.1, 0.15) is 10.4 Å². The quantitative estimate of drug-likeness (QED) is 0.346. The molecule has 0 atom stereocenters. The molecule has 0 fully saturated rings. The SMILES string of the molecule is C=CCNC(=O)NC(=O)COC(=O)c1cccc([N+](=O)[O-])c1. The minimum atomic E-state index is -0.912. The van der Waals surface area contributed by atoms with E-state index in [2.05, 4.69) is 16.6 Å². The zero-order chi connectivity index (χ0) is 16.5. The lowest BCUT2D eigenvalue weighted by Gasteiger charge is -2.06. The number of rotatable bonds is 6. The Morgan fingerprint density at radius 2 is 2.09 bits per heavy atom. The number of amides is 3. The van der Waals surface area contributed by atoms with E-state index in [9.17, 15) is 24.5 Å². The number of esters is 1. The molecular formula is C13H13N3O6. The maximum Gasteiger partial charge on any atom is 0.338 e. The first kappa shape index (κ1) is 16.8. The van der Waals surface area contributed by atoms with Crippen molar-refractivity contribution in [3.63, 3.8) is 0 Å². The minimum Gasteiger partial charge on any atom is -0.452 e. The average molecular weight is 307 g/mol. The Bertz CT molecular complexity index is 614. The van der Waals surface area contributed by atoms with Gasteiger partial charge in [-0.05, 0) is 6.07 Å². The Hall–Kier alpha value is -3.23. The largest absolute Gasteiger partial charge is 0.452 e. The molecule has 9 nitrogen and oxygen atoms in total. The van der Waals surface area contributed by atoms with Crippen LogP contribution in [0.15, 0.2) is 36.9 Å². The standard InChI is InChI=1S/C13H13N3O6/c1-2-6-14-13(19)15-11(17)8-22-12(18)9-4-3-5-10(7-9)16(20)21/h2-5,7H,1,6,8H2,(H2,14,15,17,19). The van der Waals surface area contributed by atoms with E-state index < -0.39 is 29.4 Å². The molecule has 0 radical (unpaired) electrons. The van der Waals surface area contributed by atoms with Crippen molar-refractivity contribution in [2.24, 2.45) is 0 Å². The monoisotopic (exact) mass is 307 g/mol. The number of urea groups is 1. The fourth-order valence-electron chi connectivity index (χ4n) is 1.33. The van der Waals surface area contributed by atoms with Gasteiger partial charge in [-0.15, -0.1) is 6.58 Å². The van der Waals surface area contributed by atoms with Gasteiger partial charge >= 0.3 is 12.0 Å². The molecule has 0 saturated heterocycles. The Kier molecular flexibility index (Phi) is 6.23. The summed E-state index contributed by atoms with van der Waals surface area (Å²) in [7, 11) is 0. The number of non-ortho nitro benzene ring substituents is 1. The Morgan fingerprint density at radius 1 is 1.36 bits per heavy atom. The first-order valence-corrected chi connectivity index (χ1v) is 6.04. The molecule has 0 aromatic heterocycles. The molecule has 1 rings (SSSR count). The van der Waals surface area contributed by atoms with E-state index in [-0.39, 0.29) is 17.8 Å². The van der Waals surface area contributed by atoms with Gasteiger partial charge < -0.3 is 10.1 Å². The summed E-state index contributed by atoms with van der Waals surface area (Å²) >= 11 is 0. The van der Waals surface area contributed by atoms with Crippen molar-refractivity contribution in [3.05, 3.63) is 52.6 Å². The second-order valence-corrected chi connectivity index (χ2v) is 3.93. The van der Waals surface area contributed by atoms with Crippen molar-refractivity contribution in [3.8, 4) is 0 Å². The van der Waals surface area contributed by atoms with Crippen LogP contribution in [0.5, 0.6) is 0 Å². The van der Waals surface area contributed by atoms with Crippen molar-refractivity contribution in [1.82, 2.24) is 10.6 Å². The third kappa shape index (κ3) is 5.41. The van der Waals surface area contributed by atoms with E-state index in [1.807, 2.05) is 5.32 Å². The topological polar surface area (TPSA) is 128 Å². The highest BCUT2D eigenvalue weighted by atomic mass is 16.6. The van der Waals surface area contributed by atoms with Gasteiger partial charge in [-0.1, -0.05) is 12.1 Å². The summed E-state index contributed by atoms with van der Waals surface area (Å²) in [6.07, 6.45) is 1.42. The summed E-state index contributed by atoms with van der Waals surface area (Å²) in [5.74, 6) is -1.74. The zero-order valence-corrected chi connectivity index (χ0v) is 11.4. The van der Waals surface area contributed by atoms with E-state index in [0.717, 1.165) is 6.07 Å². The summed E-state index contributed by atoms with van der Waals surface area (Å²) < 4.78 is 4.66. The second-order valence-electron chi connectivity index (χ2n) is 3.93. The summed E-state index contributed by atoms with van der Waals surface area (Å²) in [6, 6.07) is 4.11. The normalized spacial score (nSPS) is 9.45. The van der Waals surface area contributed by atoms with Crippen LogP contribution in [0.25, 0.3) is 0 Å². The maximum atomic E-state index is 11.6. The summed E-state index contributed by atoms with van der Waals surface area (Å²) in [5, 5.41) is 14.8. The van der Waals surface area contributed by atoms with Gasteiger partial charge in [-0.3, -0.25) is 20.2 Å². The number of nitrogens with zero attached hydrogens (tertiary/aromatic N) is 1. The van der Waals surface area contributed by atoms with Crippen LogP contribution in [0.3, 0.4) is 0 Å². The van der Waals surface area contributed by atoms with Gasteiger partial charge in [0.1, 0.15) is 0 Å². The lowest BCUT2D eigenvalue weighted by Crippen LogP contribution is -2.41. The van der Waals surface area contributed by atoms with Gasteiger partial charge in [-0.25, -0.2) is 9.59 Å². The molecule has 9 heteroatoms. The highest BCUT2D eigenvalue weighted by Crippen LogP contribution is 2.13. The lowest BCUT2D eigenvalue weighted by molar-refractivity contribution is -0.384. The second kappa shape index (κ2) is 8.15. The van der Waals surface area contributed by atoms with Crippen molar-refractivity contribution in [1.29, 1.82) is 0 Å². The molecule has 3 amide bonds. The Morgan fingerprint density at radius 3 is 2.73 bits per heavy atom. The number of nitro benzene ring substituents is 1. The van der Waals surface area contributed by atoms with Gasteiger partial charge in [0.2, 0.25) is 0 Å². The molecule has 0 aliphatic heterocycles. The number of imide groups is 1. The Labute approximate surface area is 125 Å². The van der Waals surface area contributed by atoms with Gasteiger partial charge in [0.25, 0.3) is 11.6 Å². The number of benzene rings is 1. The van der Waals surface area contributed by atoms with Crippen LogP contribution < -0.4 is 10.6 Å². The highest BCUT2D eigenvalue weighted by Gasteiger charge is 2.15. The van der Waals surface area contributed by atoms with Crippen molar-refractivity contribution < 1.29 is 24.0 Å². The molecule has 0 heterocycles. The number of hydrogen-bond acceptors (Lipinski definition) is 6. The van der Waals surface area contributed by atoms with Crippen LogP contribution >= 0.6 is 0 Å². The van der Waals surface area contributed by atoms with Gasteiger partial charge in [0, 0.05) is 18.7 Å².